The molecule has 0 heterocycles. The van der Waals surface area contributed by atoms with Gasteiger partial charge in [-0.1, -0.05) is 18.2 Å². The lowest BCUT2D eigenvalue weighted by molar-refractivity contribution is 0.618. The molecule has 0 aliphatic rings. The zero-order chi connectivity index (χ0) is 12.3. The third kappa shape index (κ3) is 2.81. The van der Waals surface area contributed by atoms with Crippen molar-refractivity contribution in [3.8, 4) is 0 Å². The molecule has 2 aromatic carbocycles. The molecule has 2 rings (SSSR count). The Morgan fingerprint density at radius 2 is 1.82 bits per heavy atom. The number of anilines is 1. The van der Waals surface area contributed by atoms with Gasteiger partial charge in [-0.2, -0.15) is 0 Å². The Hall–Kier alpha value is -1.90. The summed E-state index contributed by atoms with van der Waals surface area (Å²) in [7, 11) is 0. The van der Waals surface area contributed by atoms with Crippen LogP contribution >= 0.6 is 0 Å². The summed E-state index contributed by atoms with van der Waals surface area (Å²) in [5, 5.41) is 3.09. The molecule has 0 bridgehead atoms. The summed E-state index contributed by atoms with van der Waals surface area (Å²) in [5.41, 5.74) is 2.13. The molecule has 0 unspecified atom stereocenters. The van der Waals surface area contributed by atoms with Crippen LogP contribution in [0.25, 0.3) is 0 Å². The van der Waals surface area contributed by atoms with Gasteiger partial charge in [0, 0.05) is 17.8 Å². The van der Waals surface area contributed by atoms with Crippen molar-refractivity contribution in [1.82, 2.24) is 0 Å². The molecule has 0 amide bonds. The first-order chi connectivity index (χ1) is 8.16. The lowest BCUT2D eigenvalue weighted by Crippen LogP contribution is -2.02. The van der Waals surface area contributed by atoms with Gasteiger partial charge in [-0.05, 0) is 36.8 Å². The van der Waals surface area contributed by atoms with Crippen molar-refractivity contribution in [3.05, 3.63) is 65.2 Å². The molecular formula is C14H13F2N. The van der Waals surface area contributed by atoms with Crippen LogP contribution in [0.5, 0.6) is 0 Å². The number of hydrogen-bond acceptors (Lipinski definition) is 1. The third-order valence-electron chi connectivity index (χ3n) is 2.64. The molecule has 0 radical (unpaired) electrons. The summed E-state index contributed by atoms with van der Waals surface area (Å²) in [6, 6.07) is 11.2. The zero-order valence-corrected chi connectivity index (χ0v) is 9.50. The van der Waals surface area contributed by atoms with Gasteiger partial charge in [0.15, 0.2) is 0 Å². The largest absolute Gasteiger partial charge is 0.381 e. The standard InChI is InChI=1S/C14H13F2N/c1-10-13(16)6-3-7-14(10)17-9-11-4-2-5-12(15)8-11/h2-8,17H,9H2,1H3. The quantitative estimate of drug-likeness (QED) is 0.848. The molecule has 0 saturated heterocycles. The van der Waals surface area contributed by atoms with E-state index in [1.165, 1.54) is 18.2 Å². The van der Waals surface area contributed by atoms with Gasteiger partial charge in [0.05, 0.1) is 0 Å². The number of benzene rings is 2. The molecule has 0 fully saturated rings. The summed E-state index contributed by atoms with van der Waals surface area (Å²) in [4.78, 5) is 0. The monoisotopic (exact) mass is 233 g/mol. The van der Waals surface area contributed by atoms with Crippen LogP contribution in [-0.4, -0.2) is 0 Å². The lowest BCUT2D eigenvalue weighted by atomic mass is 10.1. The van der Waals surface area contributed by atoms with Gasteiger partial charge in [0.25, 0.3) is 0 Å². The molecule has 3 heteroatoms. The van der Waals surface area contributed by atoms with E-state index in [0.717, 1.165) is 11.3 Å². The molecule has 17 heavy (non-hydrogen) atoms. The maximum absolute atomic E-state index is 13.3. The fourth-order valence-corrected chi connectivity index (χ4v) is 1.64. The first kappa shape index (κ1) is 11.6. The molecule has 0 spiro atoms. The Balaban J connectivity index is 2.10. The summed E-state index contributed by atoms with van der Waals surface area (Å²) in [6.07, 6.45) is 0. The van der Waals surface area contributed by atoms with Crippen LogP contribution in [0.4, 0.5) is 14.5 Å². The summed E-state index contributed by atoms with van der Waals surface area (Å²) in [6.45, 7) is 2.19. The summed E-state index contributed by atoms with van der Waals surface area (Å²) < 4.78 is 26.2. The van der Waals surface area contributed by atoms with Crippen LogP contribution in [-0.2, 0) is 6.54 Å². The molecule has 2 aromatic rings. The molecule has 88 valence electrons. The van der Waals surface area contributed by atoms with E-state index in [9.17, 15) is 8.78 Å². The molecule has 1 N–H and O–H groups in total. The maximum Gasteiger partial charge on any atom is 0.128 e. The second-order valence-corrected chi connectivity index (χ2v) is 3.90. The molecule has 0 atom stereocenters. The van der Waals surface area contributed by atoms with E-state index in [0.29, 0.717) is 12.1 Å². The zero-order valence-electron chi connectivity index (χ0n) is 9.50. The van der Waals surface area contributed by atoms with Crippen molar-refractivity contribution >= 4 is 5.69 Å². The van der Waals surface area contributed by atoms with Crippen molar-refractivity contribution in [1.29, 1.82) is 0 Å². The SMILES string of the molecule is Cc1c(F)cccc1NCc1cccc(F)c1. The number of nitrogens with one attached hydrogen (secondary N) is 1. The number of halogens is 2. The average Bonchev–Trinajstić information content (AvgIpc) is 2.31. The van der Waals surface area contributed by atoms with Crippen molar-refractivity contribution < 1.29 is 8.78 Å². The highest BCUT2D eigenvalue weighted by Crippen LogP contribution is 2.18. The fraction of sp³-hybridized carbons (Fsp3) is 0.143. The normalized spacial score (nSPS) is 10.3. The van der Waals surface area contributed by atoms with E-state index < -0.39 is 0 Å². The van der Waals surface area contributed by atoms with Gasteiger partial charge in [-0.3, -0.25) is 0 Å². The third-order valence-corrected chi connectivity index (χ3v) is 2.64. The van der Waals surface area contributed by atoms with Gasteiger partial charge in [0.1, 0.15) is 11.6 Å². The van der Waals surface area contributed by atoms with Crippen molar-refractivity contribution in [2.24, 2.45) is 0 Å². The smallest absolute Gasteiger partial charge is 0.128 e. The van der Waals surface area contributed by atoms with Gasteiger partial charge in [-0.15, -0.1) is 0 Å². The van der Waals surface area contributed by atoms with Crippen LogP contribution in [0.3, 0.4) is 0 Å². The van der Waals surface area contributed by atoms with Gasteiger partial charge < -0.3 is 5.32 Å². The van der Waals surface area contributed by atoms with E-state index in [1.54, 1.807) is 25.1 Å². The number of rotatable bonds is 3. The molecule has 1 nitrogen and oxygen atoms in total. The van der Waals surface area contributed by atoms with Crippen LogP contribution in [0.15, 0.2) is 42.5 Å². The highest BCUT2D eigenvalue weighted by atomic mass is 19.1. The minimum atomic E-state index is -0.264. The maximum atomic E-state index is 13.3. The molecular weight excluding hydrogens is 220 g/mol. The highest BCUT2D eigenvalue weighted by molar-refractivity contribution is 5.51. The molecule has 0 aliphatic carbocycles. The van der Waals surface area contributed by atoms with Gasteiger partial charge in [-0.25, -0.2) is 8.78 Å². The predicted molar refractivity (Wildman–Crippen MR) is 64.9 cm³/mol. The van der Waals surface area contributed by atoms with E-state index in [2.05, 4.69) is 5.32 Å². The van der Waals surface area contributed by atoms with Gasteiger partial charge >= 0.3 is 0 Å². The van der Waals surface area contributed by atoms with Crippen LogP contribution < -0.4 is 5.32 Å². The van der Waals surface area contributed by atoms with Crippen LogP contribution in [0, 0.1) is 18.6 Å². The molecule has 0 aromatic heterocycles. The fourth-order valence-electron chi connectivity index (χ4n) is 1.64. The first-order valence-corrected chi connectivity index (χ1v) is 5.40. The van der Waals surface area contributed by atoms with E-state index in [-0.39, 0.29) is 11.6 Å². The Morgan fingerprint density at radius 3 is 2.59 bits per heavy atom. The Bertz CT molecular complexity index is 523. The minimum absolute atomic E-state index is 0.241. The molecule has 0 aliphatic heterocycles. The minimum Gasteiger partial charge on any atom is -0.381 e. The molecule has 0 saturated carbocycles. The highest BCUT2D eigenvalue weighted by Gasteiger charge is 2.02. The lowest BCUT2D eigenvalue weighted by Gasteiger charge is -2.10. The second kappa shape index (κ2) is 4.95. The van der Waals surface area contributed by atoms with Gasteiger partial charge in [0.2, 0.25) is 0 Å². The van der Waals surface area contributed by atoms with Crippen LogP contribution in [0.1, 0.15) is 11.1 Å². The van der Waals surface area contributed by atoms with Crippen LogP contribution in [0.2, 0.25) is 0 Å². The second-order valence-electron chi connectivity index (χ2n) is 3.90. The number of hydrogen-bond donors (Lipinski definition) is 1. The van der Waals surface area contributed by atoms with E-state index in [4.69, 9.17) is 0 Å². The average molecular weight is 233 g/mol. The Labute approximate surface area is 99.1 Å². The topological polar surface area (TPSA) is 12.0 Å². The van der Waals surface area contributed by atoms with Crippen molar-refractivity contribution in [2.75, 3.05) is 5.32 Å². The Kier molecular flexibility index (Phi) is 3.38. The van der Waals surface area contributed by atoms with Crippen molar-refractivity contribution in [3.63, 3.8) is 0 Å². The summed E-state index contributed by atoms with van der Waals surface area (Å²) in [5.74, 6) is -0.505. The van der Waals surface area contributed by atoms with E-state index in [1.807, 2.05) is 6.07 Å². The van der Waals surface area contributed by atoms with Crippen molar-refractivity contribution in [2.45, 2.75) is 13.5 Å². The van der Waals surface area contributed by atoms with E-state index >= 15 is 0 Å². The Morgan fingerprint density at radius 1 is 1.06 bits per heavy atom. The first-order valence-electron chi connectivity index (χ1n) is 5.40. The predicted octanol–water partition coefficient (Wildman–Crippen LogP) is 3.89. The summed E-state index contributed by atoms with van der Waals surface area (Å²) >= 11 is 0.